The molecule has 0 atom stereocenters. The van der Waals surface area contributed by atoms with E-state index in [4.69, 9.17) is 11.6 Å². The lowest BCUT2D eigenvalue weighted by Crippen LogP contribution is -2.15. The number of halogens is 1. The van der Waals surface area contributed by atoms with Crippen molar-refractivity contribution < 1.29 is 9.34 Å². The molecule has 0 unspecified atom stereocenters. The largest absolute Gasteiger partial charge is 0.419 e. The molecule has 1 N–H and O–H groups in total. The summed E-state index contributed by atoms with van der Waals surface area (Å²) < 4.78 is 4.23. The molecular weight excluding hydrogens is 240 g/mol. The third-order valence-electron chi connectivity index (χ3n) is 1.95. The zero-order valence-corrected chi connectivity index (χ0v) is 8.28. The number of benzene rings is 1. The Bertz CT molecular complexity index is 702. The van der Waals surface area contributed by atoms with E-state index in [0.29, 0.717) is 0 Å². The SMILES string of the molecule is O=c1[nH]c2c([N+](=O)[O-])ccc(Cl)c2c(=O)o1. The molecule has 2 aromatic rings. The Labute approximate surface area is 91.4 Å². The average Bonchev–Trinajstić information content (AvgIpc) is 2.15. The smallest absolute Gasteiger partial charge is 0.372 e. The molecule has 0 fully saturated rings. The van der Waals surface area contributed by atoms with Gasteiger partial charge in [-0.25, -0.2) is 9.59 Å². The van der Waals surface area contributed by atoms with Crippen LogP contribution in [0.3, 0.4) is 0 Å². The van der Waals surface area contributed by atoms with Crippen LogP contribution in [0.15, 0.2) is 26.1 Å². The van der Waals surface area contributed by atoms with Crippen LogP contribution in [0.4, 0.5) is 5.69 Å². The van der Waals surface area contributed by atoms with E-state index in [2.05, 4.69) is 9.40 Å². The molecule has 0 aliphatic carbocycles. The van der Waals surface area contributed by atoms with E-state index in [1.165, 1.54) is 6.07 Å². The van der Waals surface area contributed by atoms with Crippen molar-refractivity contribution in [2.75, 3.05) is 0 Å². The fraction of sp³-hybridized carbons (Fsp3) is 0. The van der Waals surface area contributed by atoms with Crippen LogP contribution in [0, 0.1) is 10.1 Å². The van der Waals surface area contributed by atoms with Crippen LogP contribution in [0.1, 0.15) is 0 Å². The number of rotatable bonds is 1. The van der Waals surface area contributed by atoms with Gasteiger partial charge in [0.25, 0.3) is 5.69 Å². The van der Waals surface area contributed by atoms with Crippen molar-refractivity contribution >= 4 is 28.2 Å². The first-order valence-corrected chi connectivity index (χ1v) is 4.38. The molecule has 0 aliphatic rings. The maximum Gasteiger partial charge on any atom is 0.419 e. The maximum absolute atomic E-state index is 11.3. The van der Waals surface area contributed by atoms with Gasteiger partial charge in [-0.3, -0.25) is 15.1 Å². The summed E-state index contributed by atoms with van der Waals surface area (Å²) in [5.41, 5.74) is -1.66. The van der Waals surface area contributed by atoms with Gasteiger partial charge in [0.2, 0.25) is 0 Å². The number of nitrogens with one attached hydrogen (secondary N) is 1. The summed E-state index contributed by atoms with van der Waals surface area (Å²) in [6.45, 7) is 0. The number of fused-ring (bicyclic) bond motifs is 1. The number of aromatic nitrogens is 1. The second-order valence-electron chi connectivity index (χ2n) is 2.88. The summed E-state index contributed by atoms with van der Waals surface area (Å²) in [4.78, 5) is 34.2. The first kappa shape index (κ1) is 10.4. The normalized spacial score (nSPS) is 10.6. The number of H-pyrrole nitrogens is 1. The predicted octanol–water partition coefficient (Wildman–Crippen LogP) is 1.04. The van der Waals surface area contributed by atoms with E-state index in [1.807, 2.05) is 0 Å². The molecule has 0 bridgehead atoms. The highest BCUT2D eigenvalue weighted by atomic mass is 35.5. The molecule has 2 rings (SSSR count). The quantitative estimate of drug-likeness (QED) is 0.594. The number of nitrogens with zero attached hydrogens (tertiary/aromatic N) is 1. The summed E-state index contributed by atoms with van der Waals surface area (Å²) in [6.07, 6.45) is 0. The Hall–Kier alpha value is -2.15. The highest BCUT2D eigenvalue weighted by Gasteiger charge is 2.18. The van der Waals surface area contributed by atoms with E-state index >= 15 is 0 Å². The van der Waals surface area contributed by atoms with Crippen LogP contribution in [0.25, 0.3) is 10.9 Å². The van der Waals surface area contributed by atoms with Crippen LogP contribution in [-0.4, -0.2) is 9.91 Å². The number of nitro benzene ring substituents is 1. The minimum absolute atomic E-state index is 0.0226. The maximum atomic E-state index is 11.3. The van der Waals surface area contributed by atoms with Crippen molar-refractivity contribution in [1.82, 2.24) is 4.98 Å². The van der Waals surface area contributed by atoms with Gasteiger partial charge in [0, 0.05) is 6.07 Å². The van der Waals surface area contributed by atoms with Gasteiger partial charge >= 0.3 is 11.4 Å². The highest BCUT2D eigenvalue weighted by Crippen LogP contribution is 2.26. The summed E-state index contributed by atoms with van der Waals surface area (Å²) in [6, 6.07) is 2.29. The lowest BCUT2D eigenvalue weighted by molar-refractivity contribution is -0.383. The molecule has 0 aliphatic heterocycles. The topological polar surface area (TPSA) is 106 Å². The first-order chi connectivity index (χ1) is 7.50. The minimum atomic E-state index is -1.07. The fourth-order valence-electron chi connectivity index (χ4n) is 1.31. The van der Waals surface area contributed by atoms with E-state index in [1.54, 1.807) is 0 Å². The number of nitro groups is 1. The van der Waals surface area contributed by atoms with Gasteiger partial charge in [-0.1, -0.05) is 11.6 Å². The van der Waals surface area contributed by atoms with Crippen LogP contribution in [0.2, 0.25) is 5.02 Å². The van der Waals surface area contributed by atoms with E-state index < -0.39 is 22.0 Å². The molecule has 1 aromatic carbocycles. The standard InChI is InChI=1S/C8H3ClN2O5/c9-3-1-2-4(11(14)15)6-5(3)7(12)16-8(13)10-6/h1-2H,(H,10,13). The second kappa shape index (κ2) is 3.46. The summed E-state index contributed by atoms with van der Waals surface area (Å²) in [5, 5.41) is 10.4. The highest BCUT2D eigenvalue weighted by molar-refractivity contribution is 6.35. The zero-order chi connectivity index (χ0) is 11.9. The van der Waals surface area contributed by atoms with Gasteiger partial charge in [-0.05, 0) is 6.07 Å². The molecule has 0 saturated carbocycles. The van der Waals surface area contributed by atoms with Crippen molar-refractivity contribution in [1.29, 1.82) is 0 Å². The minimum Gasteiger partial charge on any atom is -0.372 e. The monoisotopic (exact) mass is 242 g/mol. The van der Waals surface area contributed by atoms with Crippen molar-refractivity contribution in [3.63, 3.8) is 0 Å². The molecule has 0 amide bonds. The van der Waals surface area contributed by atoms with Gasteiger partial charge in [-0.2, -0.15) is 0 Å². The van der Waals surface area contributed by atoms with Gasteiger partial charge in [0.15, 0.2) is 0 Å². The van der Waals surface area contributed by atoms with Crippen LogP contribution in [-0.2, 0) is 0 Å². The lowest BCUT2D eigenvalue weighted by Gasteiger charge is -1.98. The van der Waals surface area contributed by atoms with Crippen molar-refractivity contribution in [3.8, 4) is 0 Å². The molecule has 7 nitrogen and oxygen atoms in total. The number of non-ortho nitro benzene ring substituents is 1. The van der Waals surface area contributed by atoms with Crippen LogP contribution in [0.5, 0.6) is 0 Å². The van der Waals surface area contributed by atoms with Crippen molar-refractivity contribution in [2.24, 2.45) is 0 Å². The molecule has 1 aromatic heterocycles. The van der Waals surface area contributed by atoms with Crippen molar-refractivity contribution in [3.05, 3.63) is 48.2 Å². The predicted molar refractivity (Wildman–Crippen MR) is 54.8 cm³/mol. The molecule has 0 radical (unpaired) electrons. The zero-order valence-electron chi connectivity index (χ0n) is 7.52. The van der Waals surface area contributed by atoms with Gasteiger partial charge in [0.1, 0.15) is 10.9 Å². The molecule has 16 heavy (non-hydrogen) atoms. The number of hydrogen-bond acceptors (Lipinski definition) is 5. The van der Waals surface area contributed by atoms with Gasteiger partial charge < -0.3 is 4.42 Å². The molecule has 1 heterocycles. The van der Waals surface area contributed by atoms with E-state index in [9.17, 15) is 19.7 Å². The van der Waals surface area contributed by atoms with Gasteiger partial charge in [-0.15, -0.1) is 0 Å². The molecular formula is C8H3ClN2O5. The Morgan fingerprint density at radius 3 is 2.69 bits per heavy atom. The molecule has 0 saturated heterocycles. The van der Waals surface area contributed by atoms with Crippen LogP contribution < -0.4 is 11.4 Å². The average molecular weight is 243 g/mol. The summed E-state index contributed by atoms with van der Waals surface area (Å²) in [7, 11) is 0. The number of aromatic amines is 1. The van der Waals surface area contributed by atoms with E-state index in [-0.39, 0.29) is 15.9 Å². The third kappa shape index (κ3) is 1.47. The third-order valence-corrected chi connectivity index (χ3v) is 2.26. The van der Waals surface area contributed by atoms with E-state index in [0.717, 1.165) is 6.07 Å². The Balaban J connectivity index is 3.10. The van der Waals surface area contributed by atoms with Crippen LogP contribution >= 0.6 is 11.6 Å². The number of hydrogen-bond donors (Lipinski definition) is 1. The Morgan fingerprint density at radius 2 is 2.06 bits per heavy atom. The fourth-order valence-corrected chi connectivity index (χ4v) is 1.54. The van der Waals surface area contributed by atoms with Gasteiger partial charge in [0.05, 0.1) is 9.95 Å². The first-order valence-electron chi connectivity index (χ1n) is 4.00. The molecule has 0 spiro atoms. The molecule has 82 valence electrons. The Kier molecular flexibility index (Phi) is 2.24. The summed E-state index contributed by atoms with van der Waals surface area (Å²) >= 11 is 5.69. The summed E-state index contributed by atoms with van der Waals surface area (Å²) in [5.74, 6) is -1.07. The van der Waals surface area contributed by atoms with Crippen molar-refractivity contribution in [2.45, 2.75) is 0 Å². The Morgan fingerprint density at radius 1 is 1.38 bits per heavy atom. The second-order valence-corrected chi connectivity index (χ2v) is 3.28. The molecule has 8 heteroatoms. The lowest BCUT2D eigenvalue weighted by atomic mass is 10.2.